The molecule has 24 heavy (non-hydrogen) atoms. The van der Waals surface area contributed by atoms with E-state index in [-0.39, 0.29) is 33.0 Å². The van der Waals surface area contributed by atoms with Gasteiger partial charge in [0.25, 0.3) is 5.69 Å². The molecule has 0 saturated heterocycles. The van der Waals surface area contributed by atoms with Crippen molar-refractivity contribution < 1.29 is 19.7 Å². The first-order chi connectivity index (χ1) is 11.4. The number of nitrogens with zero attached hydrogens (tertiary/aromatic N) is 4. The van der Waals surface area contributed by atoms with Crippen LogP contribution < -0.4 is 11.3 Å². The molecule has 0 aliphatic rings. The van der Waals surface area contributed by atoms with Crippen LogP contribution in [-0.4, -0.2) is 32.4 Å². The van der Waals surface area contributed by atoms with E-state index in [2.05, 4.69) is 36.1 Å². The molecule has 0 fully saturated rings. The molecule has 0 aliphatic heterocycles. The fourth-order valence-corrected chi connectivity index (χ4v) is 2.54. The summed E-state index contributed by atoms with van der Waals surface area (Å²) in [4.78, 5) is 26.2. The molecule has 0 aliphatic carbocycles. The van der Waals surface area contributed by atoms with E-state index in [0.717, 1.165) is 29.7 Å². The highest BCUT2D eigenvalue weighted by molar-refractivity contribution is 9.10. The average Bonchev–Trinajstić information content (AvgIpc) is 2.92. The second-order valence-corrected chi connectivity index (χ2v) is 6.10. The van der Waals surface area contributed by atoms with Crippen molar-refractivity contribution in [2.75, 3.05) is 5.73 Å². The molecule has 126 valence electrons. The normalized spacial score (nSPS) is 10.7. The van der Waals surface area contributed by atoms with E-state index < -0.39 is 10.9 Å². The number of nitro groups is 1. The smallest absolute Gasteiger partial charge is 0.341 e. The number of hydrazone groups is 1. The quantitative estimate of drug-likeness (QED) is 0.355. The van der Waals surface area contributed by atoms with Crippen LogP contribution in [0.3, 0.4) is 0 Å². The molecule has 4 N–H and O–H groups in total. The second kappa shape index (κ2) is 7.65. The van der Waals surface area contributed by atoms with Crippen molar-refractivity contribution in [2.24, 2.45) is 5.10 Å². The van der Waals surface area contributed by atoms with Gasteiger partial charge in [-0.3, -0.25) is 10.1 Å². The topological polar surface area (TPSA) is 166 Å². The van der Waals surface area contributed by atoms with E-state index in [0.29, 0.717) is 5.01 Å². The lowest BCUT2D eigenvalue weighted by Crippen LogP contribution is -2.16. The third-order valence-corrected chi connectivity index (χ3v) is 3.84. The van der Waals surface area contributed by atoms with Gasteiger partial charge < -0.3 is 15.7 Å². The number of hydrogen-bond acceptors (Lipinski definition) is 11. The van der Waals surface area contributed by atoms with Gasteiger partial charge >= 0.3 is 5.97 Å². The fraction of sp³-hybridized carbons (Fsp3) is 0.0909. The lowest BCUT2D eigenvalue weighted by molar-refractivity contribution is -0.385. The second-order valence-electron chi connectivity index (χ2n) is 4.16. The minimum Gasteiger partial charge on any atom is -0.506 e. The van der Waals surface area contributed by atoms with Crippen LogP contribution in [0, 0.1) is 10.1 Å². The molecule has 2 rings (SSSR count). The van der Waals surface area contributed by atoms with Crippen molar-refractivity contribution in [2.45, 2.75) is 6.42 Å². The maximum Gasteiger partial charge on any atom is 0.341 e. The first-order valence-electron chi connectivity index (χ1n) is 6.09. The third kappa shape index (κ3) is 4.60. The molecule has 0 amide bonds. The Balaban J connectivity index is 1.94. The van der Waals surface area contributed by atoms with Gasteiger partial charge in [-0.2, -0.15) is 5.10 Å². The molecule has 13 heteroatoms. The van der Waals surface area contributed by atoms with Crippen LogP contribution in [0.4, 0.5) is 10.8 Å². The standard InChI is InChI=1S/C11H9BrN6O5S/c12-7-2-6(18(21)22)1-5(10(7)20)4-14-17-23-9(19)3-8-15-16-11(13)24-8/h1-2,4,17,20H,3H2,(H2,13,16)/b14-4-. The number of nitrogens with one attached hydrogen (secondary N) is 1. The minimum atomic E-state index is -0.687. The SMILES string of the molecule is Nc1nnc(CC(=O)ON/N=C\c2cc([N+](=O)[O-])cc(Br)c2O)s1. The number of phenolic OH excluding ortho intramolecular Hbond substituents is 1. The van der Waals surface area contributed by atoms with Crippen molar-refractivity contribution in [1.82, 2.24) is 15.8 Å². The van der Waals surface area contributed by atoms with E-state index in [1.807, 2.05) is 5.59 Å². The first kappa shape index (κ1) is 17.6. The summed E-state index contributed by atoms with van der Waals surface area (Å²) in [6, 6.07) is 2.25. The number of aromatic nitrogens is 2. The minimum absolute atomic E-state index is 0.0523. The monoisotopic (exact) mass is 416 g/mol. The van der Waals surface area contributed by atoms with Gasteiger partial charge in [-0.25, -0.2) is 4.79 Å². The largest absolute Gasteiger partial charge is 0.506 e. The molecule has 2 aromatic rings. The van der Waals surface area contributed by atoms with Gasteiger partial charge in [0.1, 0.15) is 17.2 Å². The summed E-state index contributed by atoms with van der Waals surface area (Å²) in [5.74, 6) is -0.936. The van der Waals surface area contributed by atoms with Crippen molar-refractivity contribution in [3.8, 4) is 5.75 Å². The summed E-state index contributed by atoms with van der Waals surface area (Å²) in [5.41, 5.74) is 7.19. The van der Waals surface area contributed by atoms with E-state index in [1.54, 1.807) is 0 Å². The van der Waals surface area contributed by atoms with E-state index in [4.69, 9.17) is 5.73 Å². The van der Waals surface area contributed by atoms with Crippen molar-refractivity contribution in [3.63, 3.8) is 0 Å². The number of nitrogens with two attached hydrogens (primary N) is 1. The number of hydrogen-bond donors (Lipinski definition) is 3. The number of halogens is 1. The predicted molar refractivity (Wildman–Crippen MR) is 87.3 cm³/mol. The number of rotatable bonds is 6. The molecule has 1 aromatic carbocycles. The maximum absolute atomic E-state index is 11.5. The lowest BCUT2D eigenvalue weighted by Gasteiger charge is -2.03. The van der Waals surface area contributed by atoms with E-state index in [9.17, 15) is 20.0 Å². The molecule has 1 heterocycles. The Bertz CT molecular complexity index is 810. The van der Waals surface area contributed by atoms with Crippen molar-refractivity contribution in [3.05, 3.63) is 37.3 Å². The highest BCUT2D eigenvalue weighted by Gasteiger charge is 2.14. The molecule has 0 spiro atoms. The number of nitrogen functional groups attached to an aromatic ring is 1. The summed E-state index contributed by atoms with van der Waals surface area (Å²) < 4.78 is 0.129. The van der Waals surface area contributed by atoms with Gasteiger partial charge in [0.2, 0.25) is 5.13 Å². The zero-order valence-corrected chi connectivity index (χ0v) is 14.1. The van der Waals surface area contributed by atoms with Gasteiger partial charge in [-0.1, -0.05) is 11.3 Å². The van der Waals surface area contributed by atoms with Crippen LogP contribution in [-0.2, 0) is 16.1 Å². The van der Waals surface area contributed by atoms with Crippen LogP contribution in [0.2, 0.25) is 0 Å². The van der Waals surface area contributed by atoms with Crippen LogP contribution in [0.25, 0.3) is 0 Å². The van der Waals surface area contributed by atoms with Crippen LogP contribution >= 0.6 is 27.3 Å². The number of nitro benzene ring substituents is 1. The summed E-state index contributed by atoms with van der Waals surface area (Å²) in [6.07, 6.45) is 0.911. The molecule has 0 saturated carbocycles. The van der Waals surface area contributed by atoms with Crippen LogP contribution in [0.15, 0.2) is 21.7 Å². The molecule has 0 radical (unpaired) electrons. The summed E-state index contributed by atoms with van der Waals surface area (Å²) >= 11 is 4.04. The Hall–Kier alpha value is -2.80. The van der Waals surface area contributed by atoms with Gasteiger partial charge in [-0.15, -0.1) is 15.8 Å². The number of phenols is 1. The Kier molecular flexibility index (Phi) is 5.59. The molecular weight excluding hydrogens is 408 g/mol. The Morgan fingerprint density at radius 1 is 1.58 bits per heavy atom. The number of carbonyl (C=O) groups excluding carboxylic acids is 1. The van der Waals surface area contributed by atoms with Crippen LogP contribution in [0.5, 0.6) is 5.75 Å². The van der Waals surface area contributed by atoms with E-state index in [1.165, 1.54) is 0 Å². The summed E-state index contributed by atoms with van der Waals surface area (Å²) in [7, 11) is 0. The van der Waals surface area contributed by atoms with Gasteiger partial charge in [0.15, 0.2) is 0 Å². The van der Waals surface area contributed by atoms with Crippen molar-refractivity contribution in [1.29, 1.82) is 0 Å². The molecule has 0 bridgehead atoms. The third-order valence-electron chi connectivity index (χ3n) is 2.48. The zero-order chi connectivity index (χ0) is 17.7. The number of benzene rings is 1. The average molecular weight is 417 g/mol. The van der Waals surface area contributed by atoms with Crippen LogP contribution in [0.1, 0.15) is 10.6 Å². The number of anilines is 1. The molecule has 0 unspecified atom stereocenters. The number of aromatic hydroxyl groups is 1. The van der Waals surface area contributed by atoms with Gasteiger partial charge in [0.05, 0.1) is 15.6 Å². The van der Waals surface area contributed by atoms with Gasteiger partial charge in [-0.05, 0) is 15.9 Å². The fourth-order valence-electron chi connectivity index (χ4n) is 1.48. The number of carbonyl (C=O) groups is 1. The Morgan fingerprint density at radius 3 is 2.96 bits per heavy atom. The highest BCUT2D eigenvalue weighted by atomic mass is 79.9. The van der Waals surface area contributed by atoms with E-state index >= 15 is 0 Å². The zero-order valence-electron chi connectivity index (χ0n) is 11.7. The Morgan fingerprint density at radius 2 is 2.33 bits per heavy atom. The predicted octanol–water partition coefficient (Wildman–Crippen LogP) is 1.12. The molecular formula is C11H9BrN6O5S. The summed E-state index contributed by atoms with van der Waals surface area (Å²) in [5, 5.41) is 31.9. The lowest BCUT2D eigenvalue weighted by atomic mass is 10.2. The Labute approximate surface area is 146 Å². The van der Waals surface area contributed by atoms with Crippen molar-refractivity contribution >= 4 is 50.3 Å². The molecule has 1 aromatic heterocycles. The van der Waals surface area contributed by atoms with Gasteiger partial charge in [0, 0.05) is 17.7 Å². The summed E-state index contributed by atoms with van der Waals surface area (Å²) in [6.45, 7) is 0. The number of non-ortho nitro benzene ring substituents is 1. The molecule has 11 nitrogen and oxygen atoms in total. The first-order valence-corrected chi connectivity index (χ1v) is 7.70. The maximum atomic E-state index is 11.5. The highest BCUT2D eigenvalue weighted by Crippen LogP contribution is 2.31. The molecule has 0 atom stereocenters.